The second-order valence-corrected chi connectivity index (χ2v) is 10.6. The van der Waals surface area contributed by atoms with Crippen molar-refractivity contribution in [3.8, 4) is 0 Å². The second kappa shape index (κ2) is 12.1. The van der Waals surface area contributed by atoms with E-state index in [1.807, 2.05) is 0 Å². The molecule has 0 aromatic heterocycles. The van der Waals surface area contributed by atoms with Crippen LogP contribution in [0.15, 0.2) is 11.6 Å². The molecule has 0 unspecified atom stereocenters. The van der Waals surface area contributed by atoms with Crippen LogP contribution in [0.25, 0.3) is 0 Å². The maximum atomic E-state index is 5.52. The Hall–Kier alpha value is 4.01. The minimum Gasteiger partial charge on any atom is -0.415 e. The predicted octanol–water partition coefficient (Wildman–Crippen LogP) is 6.08. The monoisotopic (exact) mass is 780 g/mol. The van der Waals surface area contributed by atoms with Crippen molar-refractivity contribution in [2.45, 2.75) is 91.6 Å². The summed E-state index contributed by atoms with van der Waals surface area (Å²) in [5.74, 6) is 4.73. The van der Waals surface area contributed by atoms with Gasteiger partial charge in [0.05, 0.1) is 0 Å². The molecular formula is C23H37OPr3Si. The molecule has 0 amide bonds. The summed E-state index contributed by atoms with van der Waals surface area (Å²) in [5, 5.41) is 0. The zero-order valence-corrected chi connectivity index (χ0v) is 30.7. The zero-order valence-electron chi connectivity index (χ0n) is 18.5. The van der Waals surface area contributed by atoms with Crippen molar-refractivity contribution in [1.29, 1.82) is 0 Å². The number of fused-ring (bicyclic) bond motifs is 5. The Morgan fingerprint density at radius 3 is 2.43 bits per heavy atom. The number of hydrogen-bond acceptors (Lipinski definition) is 1. The Labute approximate surface area is 277 Å². The molecule has 1 nitrogen and oxygen atoms in total. The molecule has 0 aliphatic heterocycles. The minimum atomic E-state index is 0. The SMILES string of the molecule is CC[C@H](C)[C@H]1CC[C@H]2[C@@H]3CC=C4C[C@@H](O[Si])CC[C@]4(C)[C@H]3CC[C@]12C.[Pr].[Pr].[Pr]. The minimum absolute atomic E-state index is 0. The van der Waals surface area contributed by atoms with Crippen LogP contribution in [0.4, 0.5) is 0 Å². The largest absolute Gasteiger partial charge is 0.415 e. The van der Waals surface area contributed by atoms with Crippen molar-refractivity contribution in [3.05, 3.63) is 11.6 Å². The number of allylic oxidation sites excluding steroid dienone is 1. The molecule has 0 bridgehead atoms. The summed E-state index contributed by atoms with van der Waals surface area (Å²) in [6, 6.07) is 0. The van der Waals surface area contributed by atoms with Crippen molar-refractivity contribution < 1.29 is 128 Å². The fourth-order valence-corrected chi connectivity index (χ4v) is 8.19. The van der Waals surface area contributed by atoms with Crippen molar-refractivity contribution in [2.75, 3.05) is 0 Å². The van der Waals surface area contributed by atoms with Crippen LogP contribution in [0, 0.1) is 164 Å². The molecule has 6 radical (unpaired) electrons. The molecule has 5 heteroatoms. The van der Waals surface area contributed by atoms with Gasteiger partial charge in [0.25, 0.3) is 0 Å². The standard InChI is InChI=1S/C23H37OSi.3Pr/c1-5-15(2)19-8-9-20-18-7-6-16-14-17(24-25)10-12-22(16,3)21(18)11-13-23(19,20)4;;;/h6,15,17-21H,5,7-14H2,1-4H3;;;/t15-,17-,18-,19+,20-,21-,22-,23+;;;/m0.../s1. The van der Waals surface area contributed by atoms with E-state index in [0.717, 1.165) is 36.0 Å². The van der Waals surface area contributed by atoms with Crippen LogP contribution in [0.1, 0.15) is 85.5 Å². The quantitative estimate of drug-likeness (QED) is 0.250. The fraction of sp³-hybridized carbons (Fsp3) is 0.913. The van der Waals surface area contributed by atoms with Gasteiger partial charge in [0, 0.05) is 130 Å². The molecule has 3 fully saturated rings. The maximum absolute atomic E-state index is 5.52. The van der Waals surface area contributed by atoms with Gasteiger partial charge in [-0.25, -0.2) is 0 Å². The van der Waals surface area contributed by atoms with Crippen LogP contribution in [0.5, 0.6) is 0 Å². The van der Waals surface area contributed by atoms with Gasteiger partial charge in [-0.1, -0.05) is 45.8 Å². The first kappa shape index (κ1) is 30.0. The van der Waals surface area contributed by atoms with E-state index < -0.39 is 0 Å². The van der Waals surface area contributed by atoms with Crippen LogP contribution >= 0.6 is 0 Å². The van der Waals surface area contributed by atoms with E-state index >= 15 is 0 Å². The Morgan fingerprint density at radius 1 is 1.07 bits per heavy atom. The van der Waals surface area contributed by atoms with Crippen LogP contribution in [-0.2, 0) is 4.43 Å². The van der Waals surface area contributed by atoms with E-state index in [1.165, 1.54) is 51.4 Å². The Morgan fingerprint density at radius 2 is 1.79 bits per heavy atom. The van der Waals surface area contributed by atoms with Gasteiger partial charge in [0.2, 0.25) is 10.5 Å². The maximum Gasteiger partial charge on any atom is 0.246 e. The van der Waals surface area contributed by atoms with Crippen LogP contribution in [0.2, 0.25) is 0 Å². The van der Waals surface area contributed by atoms with E-state index in [2.05, 4.69) is 44.3 Å². The number of hydrogen-bond donors (Lipinski definition) is 0. The topological polar surface area (TPSA) is 9.23 Å². The molecule has 3 saturated carbocycles. The van der Waals surface area contributed by atoms with Gasteiger partial charge in [0.1, 0.15) is 0 Å². The van der Waals surface area contributed by atoms with E-state index in [1.54, 1.807) is 5.57 Å². The van der Waals surface area contributed by atoms with Gasteiger partial charge in [-0.3, -0.25) is 0 Å². The number of rotatable bonds is 3. The van der Waals surface area contributed by atoms with Gasteiger partial charge in [-0.15, -0.1) is 0 Å². The van der Waals surface area contributed by atoms with Crippen LogP contribution in [-0.4, -0.2) is 16.6 Å². The third-order valence-corrected chi connectivity index (χ3v) is 9.96. The van der Waals surface area contributed by atoms with E-state index in [-0.39, 0.29) is 124 Å². The average Bonchev–Trinajstić information content (AvgIpc) is 2.97. The summed E-state index contributed by atoms with van der Waals surface area (Å²) in [7, 11) is 3.31. The Bertz CT molecular complexity index is 556. The summed E-state index contributed by atoms with van der Waals surface area (Å²) < 4.78 is 5.52. The first-order chi connectivity index (χ1) is 11.9. The molecular weight excluding hydrogens is 743 g/mol. The smallest absolute Gasteiger partial charge is 0.246 e. The predicted molar refractivity (Wildman–Crippen MR) is 105 cm³/mol. The van der Waals surface area contributed by atoms with Crippen molar-refractivity contribution >= 4 is 10.5 Å². The summed E-state index contributed by atoms with van der Waals surface area (Å²) in [5.41, 5.74) is 2.80. The van der Waals surface area contributed by atoms with Gasteiger partial charge in [0.15, 0.2) is 0 Å². The molecule has 4 rings (SSSR count). The molecule has 4 aliphatic carbocycles. The fourth-order valence-electron chi connectivity index (χ4n) is 7.99. The Kier molecular flexibility index (Phi) is 13.0. The van der Waals surface area contributed by atoms with E-state index in [4.69, 9.17) is 4.43 Å². The molecule has 0 spiro atoms. The first-order valence-corrected chi connectivity index (χ1v) is 11.4. The van der Waals surface area contributed by atoms with Gasteiger partial charge in [-0.05, 0) is 91.8 Å². The molecule has 4 aliphatic rings. The third-order valence-electron chi connectivity index (χ3n) is 9.63. The molecule has 0 heterocycles. The van der Waals surface area contributed by atoms with Crippen molar-refractivity contribution in [2.24, 2.45) is 40.4 Å². The second-order valence-electron chi connectivity index (χ2n) is 10.4. The normalized spacial score (nSPS) is 45.0. The van der Waals surface area contributed by atoms with E-state index in [0.29, 0.717) is 16.9 Å². The summed E-state index contributed by atoms with van der Waals surface area (Å²) in [6.45, 7) is 10.2. The molecule has 148 valence electrons. The molecule has 28 heavy (non-hydrogen) atoms. The van der Waals surface area contributed by atoms with E-state index in [9.17, 15) is 0 Å². The van der Waals surface area contributed by atoms with Crippen LogP contribution < -0.4 is 0 Å². The zero-order chi connectivity index (χ0) is 17.8. The third kappa shape index (κ3) is 5.15. The molecule has 0 N–H and O–H groups in total. The van der Waals surface area contributed by atoms with Crippen LogP contribution in [0.3, 0.4) is 0 Å². The molecule has 8 atom stereocenters. The summed E-state index contributed by atoms with van der Waals surface area (Å²) >= 11 is 0. The van der Waals surface area contributed by atoms with Crippen molar-refractivity contribution in [3.63, 3.8) is 0 Å². The Balaban J connectivity index is 0.00000131. The average molecular weight is 780 g/mol. The van der Waals surface area contributed by atoms with Gasteiger partial charge < -0.3 is 4.43 Å². The molecule has 0 aromatic rings. The van der Waals surface area contributed by atoms with Gasteiger partial charge >= 0.3 is 0 Å². The summed E-state index contributed by atoms with van der Waals surface area (Å²) in [4.78, 5) is 0. The van der Waals surface area contributed by atoms with Gasteiger partial charge in [-0.2, -0.15) is 0 Å². The molecule has 0 aromatic carbocycles. The van der Waals surface area contributed by atoms with Crippen molar-refractivity contribution in [1.82, 2.24) is 0 Å². The first-order valence-electron chi connectivity index (χ1n) is 11.0. The molecule has 0 saturated heterocycles. The summed E-state index contributed by atoms with van der Waals surface area (Å²) in [6.07, 6.45) is 15.4.